The maximum absolute atomic E-state index is 13.0. The Bertz CT molecular complexity index is 862. The summed E-state index contributed by atoms with van der Waals surface area (Å²) in [5.41, 5.74) is -0.278. The van der Waals surface area contributed by atoms with Crippen molar-refractivity contribution in [2.24, 2.45) is 0 Å². The van der Waals surface area contributed by atoms with Gasteiger partial charge < -0.3 is 4.74 Å². The Hall–Kier alpha value is -2.02. The Morgan fingerprint density at radius 1 is 1.12 bits per heavy atom. The minimum Gasteiger partial charge on any atom is -0.476 e. The molecule has 132 valence electrons. The molecule has 3 nitrogen and oxygen atoms in total. The third-order valence-corrected chi connectivity index (χ3v) is 4.88. The van der Waals surface area contributed by atoms with Crippen LogP contribution in [0.4, 0.5) is 24.5 Å². The molecule has 1 heterocycles. The van der Waals surface area contributed by atoms with Gasteiger partial charge in [0.05, 0.1) is 16.9 Å². The number of halogens is 4. The Labute approximate surface area is 151 Å². The van der Waals surface area contributed by atoms with E-state index in [1.165, 1.54) is 24.8 Å². The number of rotatable bonds is 1. The van der Waals surface area contributed by atoms with Crippen LogP contribution in [-0.4, -0.2) is 11.5 Å². The molecule has 1 amide bonds. The van der Waals surface area contributed by atoms with Gasteiger partial charge in [-0.15, -0.1) is 0 Å². The van der Waals surface area contributed by atoms with Crippen molar-refractivity contribution in [3.05, 3.63) is 52.0 Å². The molecule has 1 aliphatic heterocycles. The highest BCUT2D eigenvalue weighted by atomic mass is 79.9. The standard InChI is InChI=1S/C18H15BrF3NO2/c1-10-4-6-12(9-13(10)19)23-14-7-5-11(18(20,21)22)8-15(14)25-17(2,3)16(23)24/h4-9H,1-3H3. The summed E-state index contributed by atoms with van der Waals surface area (Å²) in [6.45, 7) is 4.98. The zero-order valence-corrected chi connectivity index (χ0v) is 15.3. The fourth-order valence-electron chi connectivity index (χ4n) is 2.63. The quantitative estimate of drug-likeness (QED) is 0.607. The summed E-state index contributed by atoms with van der Waals surface area (Å²) in [5, 5.41) is 0. The van der Waals surface area contributed by atoms with Crippen molar-refractivity contribution in [2.45, 2.75) is 32.5 Å². The lowest BCUT2D eigenvalue weighted by Crippen LogP contribution is -2.50. The largest absolute Gasteiger partial charge is 0.476 e. The number of alkyl halides is 3. The van der Waals surface area contributed by atoms with Crippen molar-refractivity contribution in [1.82, 2.24) is 0 Å². The Morgan fingerprint density at radius 3 is 2.40 bits per heavy atom. The van der Waals surface area contributed by atoms with Crippen molar-refractivity contribution in [2.75, 3.05) is 4.90 Å². The number of carbonyl (C=O) groups excluding carboxylic acids is 1. The topological polar surface area (TPSA) is 29.5 Å². The number of hydrogen-bond donors (Lipinski definition) is 0. The summed E-state index contributed by atoms with van der Waals surface area (Å²) in [6, 6.07) is 8.48. The van der Waals surface area contributed by atoms with E-state index in [0.717, 1.165) is 22.2 Å². The number of hydrogen-bond acceptors (Lipinski definition) is 2. The number of aryl methyl sites for hydroxylation is 1. The van der Waals surface area contributed by atoms with Gasteiger partial charge in [0, 0.05) is 4.47 Å². The van der Waals surface area contributed by atoms with Crippen LogP contribution in [0.15, 0.2) is 40.9 Å². The van der Waals surface area contributed by atoms with Crippen LogP contribution in [0.25, 0.3) is 0 Å². The molecule has 0 atom stereocenters. The van der Waals surface area contributed by atoms with Gasteiger partial charge in [0.2, 0.25) is 0 Å². The van der Waals surface area contributed by atoms with Crippen molar-refractivity contribution in [1.29, 1.82) is 0 Å². The second-order valence-electron chi connectivity index (χ2n) is 6.37. The fourth-order valence-corrected chi connectivity index (χ4v) is 3.00. The van der Waals surface area contributed by atoms with Crippen molar-refractivity contribution < 1.29 is 22.7 Å². The number of anilines is 2. The highest BCUT2D eigenvalue weighted by Crippen LogP contribution is 2.45. The molecule has 0 N–H and O–H groups in total. The third-order valence-electron chi connectivity index (χ3n) is 4.02. The summed E-state index contributed by atoms with van der Waals surface area (Å²) in [7, 11) is 0. The predicted octanol–water partition coefficient (Wildman–Crippen LogP) is 5.61. The second kappa shape index (κ2) is 5.76. The number of fused-ring (bicyclic) bond motifs is 1. The molecule has 0 spiro atoms. The number of amides is 1. The molecule has 2 aromatic rings. The molecular weight excluding hydrogens is 399 g/mol. The van der Waals surface area contributed by atoms with E-state index < -0.39 is 17.3 Å². The molecule has 25 heavy (non-hydrogen) atoms. The van der Waals surface area contributed by atoms with E-state index in [4.69, 9.17) is 4.74 Å². The molecule has 0 aromatic heterocycles. The molecule has 0 saturated carbocycles. The lowest BCUT2D eigenvalue weighted by molar-refractivity contribution is -0.137. The summed E-state index contributed by atoms with van der Waals surface area (Å²) in [6.07, 6.45) is -4.48. The first kappa shape index (κ1) is 17.8. The van der Waals surface area contributed by atoms with Gasteiger partial charge >= 0.3 is 6.18 Å². The SMILES string of the molecule is Cc1ccc(N2C(=O)C(C)(C)Oc3cc(C(F)(F)F)ccc32)cc1Br. The first-order valence-electron chi connectivity index (χ1n) is 7.52. The van der Waals surface area contributed by atoms with Gasteiger partial charge in [-0.1, -0.05) is 22.0 Å². The summed E-state index contributed by atoms with van der Waals surface area (Å²) in [5.74, 6) is -0.327. The van der Waals surface area contributed by atoms with Crippen LogP contribution >= 0.6 is 15.9 Å². The molecule has 2 aromatic carbocycles. The third kappa shape index (κ3) is 3.13. The van der Waals surface area contributed by atoms with Gasteiger partial charge in [-0.3, -0.25) is 9.69 Å². The molecule has 0 radical (unpaired) electrons. The smallest absolute Gasteiger partial charge is 0.416 e. The van der Waals surface area contributed by atoms with Crippen LogP contribution in [0.2, 0.25) is 0 Å². The molecule has 0 bridgehead atoms. The minimum atomic E-state index is -4.48. The normalized spacial score (nSPS) is 16.4. The van der Waals surface area contributed by atoms with E-state index in [1.54, 1.807) is 12.1 Å². The van der Waals surface area contributed by atoms with Crippen molar-refractivity contribution >= 4 is 33.2 Å². The van der Waals surface area contributed by atoms with E-state index in [-0.39, 0.29) is 17.3 Å². The van der Waals surface area contributed by atoms with Crippen LogP contribution < -0.4 is 9.64 Å². The molecule has 3 rings (SSSR count). The summed E-state index contributed by atoms with van der Waals surface area (Å²) in [4.78, 5) is 14.2. The lowest BCUT2D eigenvalue weighted by atomic mass is 10.0. The average Bonchev–Trinajstić information content (AvgIpc) is 2.50. The number of carbonyl (C=O) groups is 1. The number of benzene rings is 2. The molecule has 0 aliphatic carbocycles. The summed E-state index contributed by atoms with van der Waals surface area (Å²) < 4.78 is 45.4. The van der Waals surface area contributed by atoms with E-state index in [1.807, 2.05) is 13.0 Å². The number of nitrogens with zero attached hydrogens (tertiary/aromatic N) is 1. The van der Waals surface area contributed by atoms with Crippen molar-refractivity contribution in [3.63, 3.8) is 0 Å². The van der Waals surface area contributed by atoms with E-state index in [0.29, 0.717) is 5.69 Å². The zero-order chi connectivity index (χ0) is 18.6. The summed E-state index contributed by atoms with van der Waals surface area (Å²) >= 11 is 3.42. The number of ether oxygens (including phenoxy) is 1. The molecule has 0 unspecified atom stereocenters. The maximum Gasteiger partial charge on any atom is 0.416 e. The molecular formula is C18H15BrF3NO2. The monoisotopic (exact) mass is 413 g/mol. The first-order valence-corrected chi connectivity index (χ1v) is 8.31. The van der Waals surface area contributed by atoms with E-state index >= 15 is 0 Å². The molecule has 7 heteroatoms. The van der Waals surface area contributed by atoms with Gasteiger partial charge in [0.15, 0.2) is 5.60 Å². The van der Waals surface area contributed by atoms with E-state index in [2.05, 4.69) is 15.9 Å². The Morgan fingerprint density at radius 2 is 1.80 bits per heavy atom. The van der Waals surface area contributed by atoms with Gasteiger partial charge in [0.25, 0.3) is 5.91 Å². The van der Waals surface area contributed by atoms with Crippen LogP contribution in [-0.2, 0) is 11.0 Å². The fraction of sp³-hybridized carbons (Fsp3) is 0.278. The van der Waals surface area contributed by atoms with Crippen LogP contribution in [0, 0.1) is 6.92 Å². The van der Waals surface area contributed by atoms with Gasteiger partial charge in [-0.25, -0.2) is 0 Å². The molecule has 1 aliphatic rings. The van der Waals surface area contributed by atoms with Crippen LogP contribution in [0.3, 0.4) is 0 Å². The minimum absolute atomic E-state index is 0.0242. The second-order valence-corrected chi connectivity index (χ2v) is 7.22. The lowest BCUT2D eigenvalue weighted by Gasteiger charge is -2.39. The van der Waals surface area contributed by atoms with Gasteiger partial charge in [-0.05, 0) is 56.7 Å². The average molecular weight is 414 g/mol. The highest BCUT2D eigenvalue weighted by Gasteiger charge is 2.43. The zero-order valence-electron chi connectivity index (χ0n) is 13.7. The predicted molar refractivity (Wildman–Crippen MR) is 92.2 cm³/mol. The maximum atomic E-state index is 13.0. The molecule has 0 saturated heterocycles. The van der Waals surface area contributed by atoms with E-state index in [9.17, 15) is 18.0 Å². The Kier molecular flexibility index (Phi) is 4.10. The molecule has 0 fully saturated rings. The first-order chi connectivity index (χ1) is 11.5. The van der Waals surface area contributed by atoms with Gasteiger partial charge in [0.1, 0.15) is 5.75 Å². The Balaban J connectivity index is 2.19. The van der Waals surface area contributed by atoms with Crippen LogP contribution in [0.1, 0.15) is 25.0 Å². The highest BCUT2D eigenvalue weighted by molar-refractivity contribution is 9.10. The van der Waals surface area contributed by atoms with Crippen molar-refractivity contribution in [3.8, 4) is 5.75 Å². The van der Waals surface area contributed by atoms with Gasteiger partial charge in [-0.2, -0.15) is 13.2 Å². The van der Waals surface area contributed by atoms with Crippen LogP contribution in [0.5, 0.6) is 5.75 Å².